The van der Waals surface area contributed by atoms with Crippen LogP contribution >= 0.6 is 0 Å². The van der Waals surface area contributed by atoms with Crippen LogP contribution in [0.4, 0.5) is 0 Å². The average molecular weight is 224 g/mol. The van der Waals surface area contributed by atoms with Crippen molar-refractivity contribution in [3.05, 3.63) is 35.4 Å². The van der Waals surface area contributed by atoms with Crippen LogP contribution < -0.4 is 0 Å². The highest BCUT2D eigenvalue weighted by molar-refractivity contribution is 5.74. The molecule has 1 atom stereocenters. The molecule has 0 saturated carbocycles. The fourth-order valence-electron chi connectivity index (χ4n) is 1.49. The fourth-order valence-corrected chi connectivity index (χ4v) is 1.49. The van der Waals surface area contributed by atoms with Gasteiger partial charge in [-0.25, -0.2) is 4.79 Å². The molecule has 0 fully saturated rings. The maximum Gasteiger partial charge on any atom is 0.337 e. The van der Waals surface area contributed by atoms with Crippen LogP contribution in [-0.2, 0) is 20.9 Å². The molecule has 0 spiro atoms. The van der Waals surface area contributed by atoms with E-state index in [1.54, 1.807) is 32.2 Å². The summed E-state index contributed by atoms with van der Waals surface area (Å²) in [5.74, 6) is -0.976. The van der Waals surface area contributed by atoms with Crippen molar-refractivity contribution in [3.63, 3.8) is 0 Å². The topological polar surface area (TPSA) is 55.8 Å². The SMILES string of the molecule is CCOC(C(=O)O)c1cccc(COC)c1. The summed E-state index contributed by atoms with van der Waals surface area (Å²) in [4.78, 5) is 11.0. The van der Waals surface area contributed by atoms with E-state index in [1.807, 2.05) is 6.07 Å². The predicted molar refractivity (Wildman–Crippen MR) is 59.2 cm³/mol. The standard InChI is InChI=1S/C12H16O4/c1-3-16-11(12(13)14)10-6-4-5-9(7-10)8-15-2/h4-7,11H,3,8H2,1-2H3,(H,13,14). The molecule has 1 N–H and O–H groups in total. The van der Waals surface area contributed by atoms with Gasteiger partial charge in [-0.2, -0.15) is 0 Å². The van der Waals surface area contributed by atoms with E-state index in [0.717, 1.165) is 5.56 Å². The van der Waals surface area contributed by atoms with Gasteiger partial charge < -0.3 is 14.6 Å². The lowest BCUT2D eigenvalue weighted by Crippen LogP contribution is -2.15. The van der Waals surface area contributed by atoms with Crippen LogP contribution in [-0.4, -0.2) is 24.8 Å². The van der Waals surface area contributed by atoms with E-state index < -0.39 is 12.1 Å². The summed E-state index contributed by atoms with van der Waals surface area (Å²) < 4.78 is 10.2. The lowest BCUT2D eigenvalue weighted by atomic mass is 10.1. The van der Waals surface area contributed by atoms with Crippen LogP contribution in [0, 0.1) is 0 Å². The van der Waals surface area contributed by atoms with Gasteiger partial charge in [0, 0.05) is 13.7 Å². The molecule has 1 aromatic carbocycles. The summed E-state index contributed by atoms with van der Waals surface area (Å²) in [6.45, 7) is 2.60. The second-order valence-electron chi connectivity index (χ2n) is 3.35. The molecular formula is C12H16O4. The number of ether oxygens (including phenoxy) is 2. The number of aliphatic carboxylic acids is 1. The highest BCUT2D eigenvalue weighted by Crippen LogP contribution is 2.19. The molecule has 0 aliphatic heterocycles. The van der Waals surface area contributed by atoms with Crippen molar-refractivity contribution in [3.8, 4) is 0 Å². The van der Waals surface area contributed by atoms with Gasteiger partial charge in [0.2, 0.25) is 0 Å². The smallest absolute Gasteiger partial charge is 0.337 e. The number of benzene rings is 1. The van der Waals surface area contributed by atoms with Crippen molar-refractivity contribution in [1.82, 2.24) is 0 Å². The molecule has 0 heterocycles. The molecule has 1 aromatic rings. The van der Waals surface area contributed by atoms with Gasteiger partial charge in [-0.3, -0.25) is 0 Å². The Morgan fingerprint density at radius 2 is 2.25 bits per heavy atom. The number of hydrogen-bond donors (Lipinski definition) is 1. The molecule has 0 amide bonds. The van der Waals surface area contributed by atoms with Gasteiger partial charge in [-0.15, -0.1) is 0 Å². The summed E-state index contributed by atoms with van der Waals surface area (Å²) in [5, 5.41) is 9.02. The summed E-state index contributed by atoms with van der Waals surface area (Å²) in [6, 6.07) is 7.22. The Balaban J connectivity index is 2.90. The van der Waals surface area contributed by atoms with Gasteiger partial charge in [-0.1, -0.05) is 24.3 Å². The predicted octanol–water partition coefficient (Wildman–Crippen LogP) is 2.00. The van der Waals surface area contributed by atoms with Crippen molar-refractivity contribution in [2.45, 2.75) is 19.6 Å². The first-order valence-corrected chi connectivity index (χ1v) is 5.11. The van der Waals surface area contributed by atoms with Crippen LogP contribution in [0.2, 0.25) is 0 Å². The van der Waals surface area contributed by atoms with Gasteiger partial charge in [0.25, 0.3) is 0 Å². The zero-order valence-corrected chi connectivity index (χ0v) is 9.47. The first kappa shape index (κ1) is 12.7. The lowest BCUT2D eigenvalue weighted by molar-refractivity contribution is -0.150. The van der Waals surface area contributed by atoms with Crippen LogP contribution in [0.3, 0.4) is 0 Å². The number of carboxylic acid groups (broad SMARTS) is 1. The van der Waals surface area contributed by atoms with Crippen LogP contribution in [0.15, 0.2) is 24.3 Å². The molecule has 0 aliphatic rings. The minimum absolute atomic E-state index is 0.367. The molecule has 0 bridgehead atoms. The number of methoxy groups -OCH3 is 1. The van der Waals surface area contributed by atoms with Gasteiger partial charge in [0.15, 0.2) is 6.10 Å². The largest absolute Gasteiger partial charge is 0.479 e. The van der Waals surface area contributed by atoms with Crippen molar-refractivity contribution in [2.24, 2.45) is 0 Å². The molecule has 4 heteroatoms. The van der Waals surface area contributed by atoms with Crippen LogP contribution in [0.25, 0.3) is 0 Å². The highest BCUT2D eigenvalue weighted by atomic mass is 16.5. The molecular weight excluding hydrogens is 208 g/mol. The average Bonchev–Trinajstić information content (AvgIpc) is 2.26. The van der Waals surface area contributed by atoms with Crippen LogP contribution in [0.1, 0.15) is 24.2 Å². The van der Waals surface area contributed by atoms with Crippen molar-refractivity contribution < 1.29 is 19.4 Å². The zero-order valence-electron chi connectivity index (χ0n) is 9.47. The summed E-state index contributed by atoms with van der Waals surface area (Å²) >= 11 is 0. The molecule has 1 unspecified atom stereocenters. The molecule has 0 radical (unpaired) electrons. The number of carboxylic acids is 1. The molecule has 88 valence electrons. The summed E-state index contributed by atoms with van der Waals surface area (Å²) in [5.41, 5.74) is 1.58. The normalized spacial score (nSPS) is 12.4. The summed E-state index contributed by atoms with van der Waals surface area (Å²) in [7, 11) is 1.60. The van der Waals surface area contributed by atoms with Crippen molar-refractivity contribution in [1.29, 1.82) is 0 Å². The number of hydrogen-bond acceptors (Lipinski definition) is 3. The Morgan fingerprint density at radius 3 is 2.81 bits per heavy atom. The van der Waals surface area contributed by atoms with Gasteiger partial charge in [-0.05, 0) is 18.1 Å². The van der Waals surface area contributed by atoms with E-state index in [9.17, 15) is 4.79 Å². The van der Waals surface area contributed by atoms with E-state index in [-0.39, 0.29) is 0 Å². The minimum atomic E-state index is -0.976. The van der Waals surface area contributed by atoms with Gasteiger partial charge in [0.1, 0.15) is 0 Å². The first-order chi connectivity index (χ1) is 7.69. The van der Waals surface area contributed by atoms with E-state index >= 15 is 0 Å². The molecule has 16 heavy (non-hydrogen) atoms. The molecule has 1 rings (SSSR count). The fraction of sp³-hybridized carbons (Fsp3) is 0.417. The third-order valence-corrected chi connectivity index (χ3v) is 2.12. The maximum absolute atomic E-state index is 11.0. The second kappa shape index (κ2) is 6.25. The number of rotatable bonds is 6. The van der Waals surface area contributed by atoms with Crippen molar-refractivity contribution >= 4 is 5.97 Å². The van der Waals surface area contributed by atoms with E-state index in [4.69, 9.17) is 14.6 Å². The molecule has 0 aliphatic carbocycles. The highest BCUT2D eigenvalue weighted by Gasteiger charge is 2.19. The van der Waals surface area contributed by atoms with Gasteiger partial charge >= 0.3 is 5.97 Å². The quantitative estimate of drug-likeness (QED) is 0.802. The Labute approximate surface area is 94.8 Å². The molecule has 0 aromatic heterocycles. The molecule has 4 nitrogen and oxygen atoms in total. The molecule has 0 saturated heterocycles. The first-order valence-electron chi connectivity index (χ1n) is 5.11. The summed E-state index contributed by atoms with van der Waals surface area (Å²) in [6.07, 6.45) is -0.901. The van der Waals surface area contributed by atoms with E-state index in [0.29, 0.717) is 18.8 Å². The minimum Gasteiger partial charge on any atom is -0.479 e. The van der Waals surface area contributed by atoms with E-state index in [1.165, 1.54) is 0 Å². The Morgan fingerprint density at radius 1 is 1.50 bits per heavy atom. The van der Waals surface area contributed by atoms with Crippen LogP contribution in [0.5, 0.6) is 0 Å². The lowest BCUT2D eigenvalue weighted by Gasteiger charge is -2.13. The Bertz CT molecular complexity index is 349. The second-order valence-corrected chi connectivity index (χ2v) is 3.35. The monoisotopic (exact) mass is 224 g/mol. The maximum atomic E-state index is 11.0. The number of carbonyl (C=O) groups is 1. The Kier molecular flexibility index (Phi) is 4.95. The zero-order chi connectivity index (χ0) is 12.0. The van der Waals surface area contributed by atoms with Gasteiger partial charge in [0.05, 0.1) is 6.61 Å². The third kappa shape index (κ3) is 3.32. The van der Waals surface area contributed by atoms with Crippen molar-refractivity contribution in [2.75, 3.05) is 13.7 Å². The van der Waals surface area contributed by atoms with E-state index in [2.05, 4.69) is 0 Å². The Hall–Kier alpha value is -1.39. The third-order valence-electron chi connectivity index (χ3n) is 2.12.